The molecule has 1 N–H and O–H groups in total. The minimum Gasteiger partial charge on any atom is -0.379 e. The Morgan fingerprint density at radius 2 is 1.68 bits per heavy atom. The molecule has 2 aromatic rings. The molecule has 0 aliphatic carbocycles. The monoisotopic (exact) mass is 261 g/mol. The van der Waals surface area contributed by atoms with Gasteiger partial charge in [-0.3, -0.25) is 0 Å². The fraction of sp³-hybridized carbons (Fsp3) is 0.250. The Morgan fingerprint density at radius 3 is 2.26 bits per heavy atom. The molecule has 1 nitrogen and oxygen atoms in total. The van der Waals surface area contributed by atoms with Crippen molar-refractivity contribution in [3.8, 4) is 0 Å². The first-order valence-electron chi connectivity index (χ1n) is 6.40. The molecular formula is C16H17F2N. The fourth-order valence-electron chi connectivity index (χ4n) is 1.95. The van der Waals surface area contributed by atoms with Crippen molar-refractivity contribution in [3.05, 3.63) is 65.2 Å². The van der Waals surface area contributed by atoms with Crippen LogP contribution >= 0.6 is 0 Å². The first kappa shape index (κ1) is 13.5. The van der Waals surface area contributed by atoms with Crippen molar-refractivity contribution in [2.75, 3.05) is 5.32 Å². The second kappa shape index (κ2) is 5.83. The Bertz CT molecular complexity index is 549. The highest BCUT2D eigenvalue weighted by Gasteiger charge is 2.09. The molecule has 0 spiro atoms. The zero-order valence-corrected chi connectivity index (χ0v) is 11.1. The molecule has 2 rings (SSSR count). The van der Waals surface area contributed by atoms with Gasteiger partial charge in [0.2, 0.25) is 0 Å². The zero-order valence-electron chi connectivity index (χ0n) is 11.1. The second-order valence-electron chi connectivity index (χ2n) is 4.59. The van der Waals surface area contributed by atoms with Crippen molar-refractivity contribution in [1.29, 1.82) is 0 Å². The highest BCUT2D eigenvalue weighted by atomic mass is 19.2. The normalized spacial score (nSPS) is 12.2. The first-order valence-corrected chi connectivity index (χ1v) is 6.40. The van der Waals surface area contributed by atoms with Gasteiger partial charge in [0, 0.05) is 11.7 Å². The highest BCUT2D eigenvalue weighted by Crippen LogP contribution is 2.21. The van der Waals surface area contributed by atoms with E-state index in [2.05, 4.69) is 24.4 Å². The van der Waals surface area contributed by atoms with Gasteiger partial charge in [-0.25, -0.2) is 8.78 Å². The standard InChI is InChI=1S/C16H17F2N/c1-3-12-4-7-14(8-5-12)19-11(2)13-6-9-15(17)16(18)10-13/h4-11,19H,3H2,1-2H3. The van der Waals surface area contributed by atoms with E-state index in [1.165, 1.54) is 11.6 Å². The van der Waals surface area contributed by atoms with E-state index in [4.69, 9.17) is 0 Å². The quantitative estimate of drug-likeness (QED) is 0.841. The summed E-state index contributed by atoms with van der Waals surface area (Å²) < 4.78 is 26.1. The van der Waals surface area contributed by atoms with Crippen LogP contribution in [0.5, 0.6) is 0 Å². The third-order valence-corrected chi connectivity index (χ3v) is 3.19. The van der Waals surface area contributed by atoms with Gasteiger partial charge >= 0.3 is 0 Å². The number of rotatable bonds is 4. The van der Waals surface area contributed by atoms with E-state index in [0.717, 1.165) is 23.7 Å². The number of hydrogen-bond donors (Lipinski definition) is 1. The minimum absolute atomic E-state index is 0.0809. The lowest BCUT2D eigenvalue weighted by molar-refractivity contribution is 0.506. The van der Waals surface area contributed by atoms with Gasteiger partial charge in [-0.1, -0.05) is 25.1 Å². The van der Waals surface area contributed by atoms with E-state index in [1.54, 1.807) is 6.07 Å². The van der Waals surface area contributed by atoms with E-state index in [0.29, 0.717) is 0 Å². The predicted molar refractivity (Wildman–Crippen MR) is 74.2 cm³/mol. The summed E-state index contributed by atoms with van der Waals surface area (Å²) in [5.41, 5.74) is 2.96. The summed E-state index contributed by atoms with van der Waals surface area (Å²) in [5.74, 6) is -1.63. The molecule has 0 aliphatic rings. The van der Waals surface area contributed by atoms with Crippen molar-refractivity contribution >= 4 is 5.69 Å². The fourth-order valence-corrected chi connectivity index (χ4v) is 1.95. The molecule has 3 heteroatoms. The molecule has 2 aromatic carbocycles. The molecule has 0 fully saturated rings. The lowest BCUT2D eigenvalue weighted by Gasteiger charge is -2.16. The molecule has 0 heterocycles. The Hall–Kier alpha value is -1.90. The van der Waals surface area contributed by atoms with Crippen LogP contribution in [0.3, 0.4) is 0 Å². The minimum atomic E-state index is -0.816. The highest BCUT2D eigenvalue weighted by molar-refractivity contribution is 5.46. The molecular weight excluding hydrogens is 244 g/mol. The lowest BCUT2D eigenvalue weighted by atomic mass is 10.1. The van der Waals surface area contributed by atoms with Crippen molar-refractivity contribution in [2.24, 2.45) is 0 Å². The molecule has 0 aliphatic heterocycles. The van der Waals surface area contributed by atoms with E-state index in [1.807, 2.05) is 19.1 Å². The molecule has 0 bridgehead atoms. The summed E-state index contributed by atoms with van der Waals surface area (Å²) in [4.78, 5) is 0. The van der Waals surface area contributed by atoms with E-state index in [-0.39, 0.29) is 6.04 Å². The summed E-state index contributed by atoms with van der Waals surface area (Å²) in [6, 6.07) is 12.0. The summed E-state index contributed by atoms with van der Waals surface area (Å²) in [6.45, 7) is 4.02. The summed E-state index contributed by atoms with van der Waals surface area (Å²) in [5, 5.41) is 3.27. The number of hydrogen-bond acceptors (Lipinski definition) is 1. The molecule has 0 saturated heterocycles. The zero-order chi connectivity index (χ0) is 13.8. The van der Waals surface area contributed by atoms with Crippen LogP contribution in [0.2, 0.25) is 0 Å². The van der Waals surface area contributed by atoms with E-state index < -0.39 is 11.6 Å². The Morgan fingerprint density at radius 1 is 1.00 bits per heavy atom. The van der Waals surface area contributed by atoms with Gasteiger partial charge in [0.1, 0.15) is 0 Å². The number of anilines is 1. The number of aryl methyl sites for hydroxylation is 1. The van der Waals surface area contributed by atoms with Crippen LogP contribution in [-0.4, -0.2) is 0 Å². The predicted octanol–water partition coefficient (Wildman–Crippen LogP) is 4.70. The Labute approximate surface area is 112 Å². The number of halogens is 2. The number of benzene rings is 2. The van der Waals surface area contributed by atoms with E-state index in [9.17, 15) is 8.78 Å². The van der Waals surface area contributed by atoms with Crippen molar-refractivity contribution in [1.82, 2.24) is 0 Å². The Balaban J connectivity index is 2.10. The van der Waals surface area contributed by atoms with Crippen molar-refractivity contribution in [2.45, 2.75) is 26.3 Å². The maximum atomic E-state index is 13.2. The SMILES string of the molecule is CCc1ccc(NC(C)c2ccc(F)c(F)c2)cc1. The van der Waals surface area contributed by atoms with Crippen LogP contribution in [0.15, 0.2) is 42.5 Å². The smallest absolute Gasteiger partial charge is 0.159 e. The van der Waals surface area contributed by atoms with Gasteiger partial charge in [-0.05, 0) is 48.7 Å². The van der Waals surface area contributed by atoms with Gasteiger partial charge in [-0.15, -0.1) is 0 Å². The second-order valence-corrected chi connectivity index (χ2v) is 4.59. The van der Waals surface area contributed by atoms with Gasteiger partial charge in [0.25, 0.3) is 0 Å². The average molecular weight is 261 g/mol. The largest absolute Gasteiger partial charge is 0.379 e. The van der Waals surface area contributed by atoms with Crippen molar-refractivity contribution < 1.29 is 8.78 Å². The van der Waals surface area contributed by atoms with Crippen LogP contribution in [0, 0.1) is 11.6 Å². The molecule has 1 unspecified atom stereocenters. The van der Waals surface area contributed by atoms with E-state index >= 15 is 0 Å². The molecule has 19 heavy (non-hydrogen) atoms. The molecule has 0 radical (unpaired) electrons. The molecule has 100 valence electrons. The summed E-state index contributed by atoms with van der Waals surface area (Å²) >= 11 is 0. The maximum Gasteiger partial charge on any atom is 0.159 e. The number of nitrogens with one attached hydrogen (secondary N) is 1. The molecule has 1 atom stereocenters. The third kappa shape index (κ3) is 3.31. The first-order chi connectivity index (χ1) is 9.10. The van der Waals surface area contributed by atoms with Gasteiger partial charge in [-0.2, -0.15) is 0 Å². The van der Waals surface area contributed by atoms with Crippen LogP contribution in [0.25, 0.3) is 0 Å². The van der Waals surface area contributed by atoms with Crippen LogP contribution < -0.4 is 5.32 Å². The van der Waals surface area contributed by atoms with Gasteiger partial charge in [0.05, 0.1) is 0 Å². The maximum absolute atomic E-state index is 13.2. The topological polar surface area (TPSA) is 12.0 Å². The lowest BCUT2D eigenvalue weighted by Crippen LogP contribution is -2.07. The van der Waals surface area contributed by atoms with Crippen LogP contribution in [0.4, 0.5) is 14.5 Å². The van der Waals surface area contributed by atoms with Gasteiger partial charge < -0.3 is 5.32 Å². The molecule has 0 aromatic heterocycles. The summed E-state index contributed by atoms with van der Waals surface area (Å²) in [6.07, 6.45) is 0.999. The Kier molecular flexibility index (Phi) is 4.15. The average Bonchev–Trinajstić information content (AvgIpc) is 2.42. The van der Waals surface area contributed by atoms with Crippen LogP contribution in [0.1, 0.15) is 31.0 Å². The van der Waals surface area contributed by atoms with Gasteiger partial charge in [0.15, 0.2) is 11.6 Å². The van der Waals surface area contributed by atoms with Crippen LogP contribution in [-0.2, 0) is 6.42 Å². The third-order valence-electron chi connectivity index (χ3n) is 3.19. The summed E-state index contributed by atoms with van der Waals surface area (Å²) in [7, 11) is 0. The molecule has 0 amide bonds. The molecule has 0 saturated carbocycles. The van der Waals surface area contributed by atoms with Crippen molar-refractivity contribution in [3.63, 3.8) is 0 Å².